The van der Waals surface area contributed by atoms with Gasteiger partial charge in [0.25, 0.3) is 0 Å². The van der Waals surface area contributed by atoms with Crippen LogP contribution in [0.1, 0.15) is 48.4 Å². The second-order valence-corrected chi connectivity index (χ2v) is 10.1. The minimum absolute atomic E-state index is 0.224. The number of aromatic nitrogens is 2. The lowest BCUT2D eigenvalue weighted by molar-refractivity contribution is 0.0843. The zero-order chi connectivity index (χ0) is 24.1. The van der Waals surface area contributed by atoms with Crippen molar-refractivity contribution in [3.05, 3.63) is 77.4 Å². The first-order chi connectivity index (χ1) is 17.8. The third-order valence-corrected chi connectivity index (χ3v) is 7.92. The molecule has 5 nitrogen and oxygen atoms in total. The lowest BCUT2D eigenvalue weighted by atomic mass is 9.90. The van der Waals surface area contributed by atoms with Crippen LogP contribution in [0.5, 0.6) is 0 Å². The van der Waals surface area contributed by atoms with Crippen LogP contribution >= 0.6 is 0 Å². The summed E-state index contributed by atoms with van der Waals surface area (Å²) in [6.07, 6.45) is 8.41. The van der Waals surface area contributed by atoms with Crippen LogP contribution in [-0.4, -0.2) is 42.1 Å². The minimum atomic E-state index is -0.224. The number of fused-ring (bicyclic) bond motifs is 2. The molecule has 182 valence electrons. The molecule has 0 spiro atoms. The van der Waals surface area contributed by atoms with Crippen LogP contribution in [0.4, 0.5) is 10.2 Å². The summed E-state index contributed by atoms with van der Waals surface area (Å²) in [6.45, 7) is 4.38. The Morgan fingerprint density at radius 1 is 0.944 bits per heavy atom. The highest BCUT2D eigenvalue weighted by Gasteiger charge is 2.29. The Morgan fingerprint density at radius 3 is 2.50 bits per heavy atom. The van der Waals surface area contributed by atoms with E-state index in [4.69, 9.17) is 9.72 Å². The van der Waals surface area contributed by atoms with Crippen LogP contribution < -0.4 is 4.90 Å². The summed E-state index contributed by atoms with van der Waals surface area (Å²) in [4.78, 5) is 11.8. The first-order valence-corrected chi connectivity index (χ1v) is 13.0. The molecule has 6 heteroatoms. The predicted octanol–water partition coefficient (Wildman–Crippen LogP) is 6.26. The lowest BCUT2D eigenvalue weighted by Gasteiger charge is -2.26. The molecule has 7 rings (SSSR count). The number of hydrogen-bond donors (Lipinski definition) is 0. The average molecular weight is 481 g/mol. The standard InChI is InChI=1S/C30H29FN4O/c31-24-4-6-25(7-5-24)35-27-16-23-18-32-17-22(23)15-26(27)29(30(35)20-9-13-36-14-10-20)21-3-8-28(33-19-21)34-11-1-2-12-34/h3-8,15-16,18-20H,1-2,9-14,17H2. The fraction of sp³-hybridized carbons (Fsp3) is 0.333. The second-order valence-electron chi connectivity index (χ2n) is 10.1. The molecule has 5 heterocycles. The molecule has 3 aliphatic heterocycles. The molecule has 2 fully saturated rings. The monoisotopic (exact) mass is 480 g/mol. The van der Waals surface area contributed by atoms with Gasteiger partial charge in [-0.25, -0.2) is 9.37 Å². The highest BCUT2D eigenvalue weighted by Crippen LogP contribution is 2.44. The number of ether oxygens (including phenoxy) is 1. The number of hydrogen-bond acceptors (Lipinski definition) is 4. The maximum atomic E-state index is 13.9. The number of anilines is 1. The summed E-state index contributed by atoms with van der Waals surface area (Å²) < 4.78 is 22.0. The molecule has 0 unspecified atom stereocenters. The molecule has 2 aromatic heterocycles. The van der Waals surface area contributed by atoms with Gasteiger partial charge in [-0.2, -0.15) is 0 Å². The first-order valence-electron chi connectivity index (χ1n) is 13.0. The fourth-order valence-corrected chi connectivity index (χ4v) is 6.11. The van der Waals surface area contributed by atoms with Gasteiger partial charge in [-0.1, -0.05) is 0 Å². The SMILES string of the molecule is Fc1ccc(-n2c(C3CCOCC3)c(-c3ccc(N4CCCC4)nc3)c3cc4c(cc32)C=NC4)cc1. The van der Waals surface area contributed by atoms with Crippen molar-refractivity contribution in [2.24, 2.45) is 4.99 Å². The number of aliphatic imine (C=N–C) groups is 1. The second kappa shape index (κ2) is 8.86. The van der Waals surface area contributed by atoms with E-state index in [1.807, 2.05) is 24.5 Å². The van der Waals surface area contributed by atoms with Crippen molar-refractivity contribution in [1.29, 1.82) is 0 Å². The molecule has 0 saturated carbocycles. The smallest absolute Gasteiger partial charge is 0.128 e. The molecule has 0 bridgehead atoms. The Balaban J connectivity index is 1.49. The van der Waals surface area contributed by atoms with E-state index in [2.05, 4.69) is 38.7 Å². The third-order valence-electron chi connectivity index (χ3n) is 7.92. The van der Waals surface area contributed by atoms with Crippen molar-refractivity contribution in [2.75, 3.05) is 31.2 Å². The van der Waals surface area contributed by atoms with Crippen LogP contribution in [0, 0.1) is 5.82 Å². The van der Waals surface area contributed by atoms with Gasteiger partial charge in [-0.05, 0) is 85.3 Å². The summed E-state index contributed by atoms with van der Waals surface area (Å²) in [7, 11) is 0. The number of benzene rings is 2. The van der Waals surface area contributed by atoms with E-state index in [1.54, 1.807) is 12.1 Å². The third kappa shape index (κ3) is 3.63. The summed E-state index contributed by atoms with van der Waals surface area (Å²) in [5.41, 5.74) is 8.16. The van der Waals surface area contributed by atoms with Crippen molar-refractivity contribution in [3.63, 3.8) is 0 Å². The van der Waals surface area contributed by atoms with Gasteiger partial charge >= 0.3 is 0 Å². The average Bonchev–Trinajstić information content (AvgIpc) is 3.68. The Morgan fingerprint density at radius 2 is 1.75 bits per heavy atom. The molecule has 0 amide bonds. The number of nitrogens with zero attached hydrogens (tertiary/aromatic N) is 4. The topological polar surface area (TPSA) is 42.6 Å². The normalized spacial score (nSPS) is 17.9. The molecule has 36 heavy (non-hydrogen) atoms. The van der Waals surface area contributed by atoms with E-state index >= 15 is 0 Å². The fourth-order valence-electron chi connectivity index (χ4n) is 6.11. The maximum Gasteiger partial charge on any atom is 0.128 e. The van der Waals surface area contributed by atoms with E-state index in [9.17, 15) is 4.39 Å². The molecule has 2 aromatic carbocycles. The van der Waals surface area contributed by atoms with Gasteiger partial charge in [0, 0.05) is 72.5 Å². The zero-order valence-corrected chi connectivity index (χ0v) is 20.3. The zero-order valence-electron chi connectivity index (χ0n) is 20.3. The Hall–Kier alpha value is -3.51. The van der Waals surface area contributed by atoms with Crippen LogP contribution in [-0.2, 0) is 11.3 Å². The minimum Gasteiger partial charge on any atom is -0.381 e. The van der Waals surface area contributed by atoms with Crippen molar-refractivity contribution in [1.82, 2.24) is 9.55 Å². The molecule has 0 N–H and O–H groups in total. The van der Waals surface area contributed by atoms with Gasteiger partial charge in [0.2, 0.25) is 0 Å². The summed E-state index contributed by atoms with van der Waals surface area (Å²) in [5, 5.41) is 1.21. The van der Waals surface area contributed by atoms with E-state index < -0.39 is 0 Å². The first kappa shape index (κ1) is 21.7. The number of halogens is 1. The largest absolute Gasteiger partial charge is 0.381 e. The van der Waals surface area contributed by atoms with Crippen molar-refractivity contribution < 1.29 is 9.13 Å². The van der Waals surface area contributed by atoms with Crippen molar-refractivity contribution in [3.8, 4) is 16.8 Å². The van der Waals surface area contributed by atoms with Gasteiger partial charge in [-0.3, -0.25) is 4.99 Å². The van der Waals surface area contributed by atoms with Gasteiger partial charge in [0.15, 0.2) is 0 Å². The Bertz CT molecular complexity index is 1440. The van der Waals surface area contributed by atoms with E-state index in [0.717, 1.165) is 67.3 Å². The molecular formula is C30H29FN4O. The maximum absolute atomic E-state index is 13.9. The van der Waals surface area contributed by atoms with E-state index in [-0.39, 0.29) is 5.82 Å². The predicted molar refractivity (Wildman–Crippen MR) is 142 cm³/mol. The van der Waals surface area contributed by atoms with E-state index in [0.29, 0.717) is 12.5 Å². The van der Waals surface area contributed by atoms with Crippen LogP contribution in [0.25, 0.3) is 27.7 Å². The number of rotatable bonds is 4. The van der Waals surface area contributed by atoms with Gasteiger partial charge < -0.3 is 14.2 Å². The Labute approximate surface area is 210 Å². The molecule has 2 saturated heterocycles. The van der Waals surface area contributed by atoms with Gasteiger partial charge in [0.1, 0.15) is 11.6 Å². The molecule has 0 aliphatic carbocycles. The molecule has 3 aliphatic rings. The highest BCUT2D eigenvalue weighted by molar-refractivity contribution is 6.03. The van der Waals surface area contributed by atoms with Crippen LogP contribution in [0.15, 0.2) is 59.7 Å². The highest BCUT2D eigenvalue weighted by atomic mass is 19.1. The summed E-state index contributed by atoms with van der Waals surface area (Å²) in [5.74, 6) is 1.17. The van der Waals surface area contributed by atoms with Crippen LogP contribution in [0.2, 0.25) is 0 Å². The van der Waals surface area contributed by atoms with Gasteiger partial charge in [-0.15, -0.1) is 0 Å². The molecule has 0 radical (unpaired) electrons. The van der Waals surface area contributed by atoms with Crippen molar-refractivity contribution in [2.45, 2.75) is 38.1 Å². The molecular weight excluding hydrogens is 451 g/mol. The van der Waals surface area contributed by atoms with Gasteiger partial charge in [0.05, 0.1) is 12.1 Å². The number of pyridine rings is 1. The Kier molecular flexibility index (Phi) is 5.35. The van der Waals surface area contributed by atoms with Crippen molar-refractivity contribution >= 4 is 22.9 Å². The molecule has 4 aromatic rings. The quantitative estimate of drug-likeness (QED) is 0.346. The summed E-state index contributed by atoms with van der Waals surface area (Å²) >= 11 is 0. The van der Waals surface area contributed by atoms with E-state index in [1.165, 1.54) is 35.0 Å². The van der Waals surface area contributed by atoms with Crippen LogP contribution in [0.3, 0.4) is 0 Å². The molecule has 0 atom stereocenters. The summed E-state index contributed by atoms with van der Waals surface area (Å²) in [6, 6.07) is 15.8. The lowest BCUT2D eigenvalue weighted by Crippen LogP contribution is -2.19.